The maximum absolute atomic E-state index is 13.9. The van der Waals surface area contributed by atoms with Gasteiger partial charge in [0.15, 0.2) is 0 Å². The monoisotopic (exact) mass is 367 g/mol. The van der Waals surface area contributed by atoms with Crippen LogP contribution in [0.25, 0.3) is 22.0 Å². The zero-order valence-electron chi connectivity index (χ0n) is 12.9. The van der Waals surface area contributed by atoms with Crippen LogP contribution >= 0.6 is 11.3 Å². The Labute approximate surface area is 144 Å². The second-order valence-electron chi connectivity index (χ2n) is 5.22. The Morgan fingerprint density at radius 3 is 2.76 bits per heavy atom. The molecule has 3 rings (SSSR count). The predicted octanol–water partition coefficient (Wildman–Crippen LogP) is 4.42. The number of aromatic amines is 1. The smallest absolute Gasteiger partial charge is 0.405 e. The Bertz CT molecular complexity index is 961. The van der Waals surface area contributed by atoms with E-state index in [-0.39, 0.29) is 11.5 Å². The number of benzene rings is 1. The highest BCUT2D eigenvalue weighted by molar-refractivity contribution is 7.12. The number of nitrogens with one attached hydrogen (secondary N) is 1. The van der Waals surface area contributed by atoms with Crippen LogP contribution in [-0.2, 0) is 9.53 Å². The van der Waals surface area contributed by atoms with Crippen molar-refractivity contribution in [3.8, 4) is 11.1 Å². The summed E-state index contributed by atoms with van der Waals surface area (Å²) in [5.41, 5.74) is 1.71. The summed E-state index contributed by atoms with van der Waals surface area (Å²) in [6.07, 6.45) is 1.60. The minimum Gasteiger partial charge on any atom is -0.461 e. The van der Waals surface area contributed by atoms with Crippen LogP contribution in [0.4, 0.5) is 13.2 Å². The molecule has 0 radical (unpaired) electrons. The van der Waals surface area contributed by atoms with Gasteiger partial charge in [-0.2, -0.15) is 8.78 Å². The molecule has 0 aliphatic rings. The number of ketones is 1. The van der Waals surface area contributed by atoms with Gasteiger partial charge in [0, 0.05) is 22.7 Å². The molecule has 0 spiro atoms. The second-order valence-corrected chi connectivity index (χ2v) is 6.13. The van der Waals surface area contributed by atoms with E-state index >= 15 is 0 Å². The number of H-pyrrole nitrogens is 1. The molecular formula is C17H12F3NO3S. The van der Waals surface area contributed by atoms with Crippen molar-refractivity contribution in [2.24, 2.45) is 0 Å². The van der Waals surface area contributed by atoms with E-state index in [1.807, 2.05) is 0 Å². The molecular weight excluding hydrogens is 355 g/mol. The van der Waals surface area contributed by atoms with Gasteiger partial charge in [0.05, 0.1) is 11.5 Å². The molecule has 2 aromatic heterocycles. The minimum absolute atomic E-state index is 0.247. The van der Waals surface area contributed by atoms with Gasteiger partial charge in [-0.25, -0.2) is 9.18 Å². The van der Waals surface area contributed by atoms with Gasteiger partial charge in [0.2, 0.25) is 0 Å². The highest BCUT2D eigenvalue weighted by atomic mass is 32.1. The topological polar surface area (TPSA) is 59.2 Å². The number of carbonyl (C=O) groups excluding carboxylic acids is 2. The van der Waals surface area contributed by atoms with Crippen molar-refractivity contribution in [2.45, 2.75) is 12.8 Å². The molecule has 0 fully saturated rings. The quantitative estimate of drug-likeness (QED) is 0.413. The number of ether oxygens (including phenoxy) is 1. The minimum atomic E-state index is -4.23. The van der Waals surface area contributed by atoms with E-state index < -0.39 is 23.5 Å². The summed E-state index contributed by atoms with van der Waals surface area (Å²) in [4.78, 5) is 25.9. The van der Waals surface area contributed by atoms with E-state index in [0.717, 1.165) is 11.3 Å². The molecule has 0 atom stereocenters. The van der Waals surface area contributed by atoms with Crippen molar-refractivity contribution in [3.05, 3.63) is 46.5 Å². The molecule has 8 heteroatoms. The molecule has 130 valence electrons. The normalized spacial score (nSPS) is 11.7. The Morgan fingerprint density at radius 2 is 2.04 bits per heavy atom. The van der Waals surface area contributed by atoms with Gasteiger partial charge in [-0.3, -0.25) is 4.79 Å². The number of hydrogen-bond donors (Lipinski definition) is 1. The lowest BCUT2D eigenvalue weighted by Gasteiger charge is -2.11. The van der Waals surface area contributed by atoms with Crippen LogP contribution < -0.4 is 0 Å². The van der Waals surface area contributed by atoms with E-state index in [9.17, 15) is 22.8 Å². The number of rotatable bonds is 5. The molecule has 25 heavy (non-hydrogen) atoms. The fraction of sp³-hybridized carbons (Fsp3) is 0.176. The number of fused-ring (bicyclic) bond motifs is 1. The van der Waals surface area contributed by atoms with Crippen LogP contribution in [0.5, 0.6) is 0 Å². The molecule has 3 aromatic rings. The average Bonchev–Trinajstić information content (AvgIpc) is 3.20. The number of esters is 1. The predicted molar refractivity (Wildman–Crippen MR) is 87.5 cm³/mol. The first-order valence-electron chi connectivity index (χ1n) is 7.30. The molecule has 0 amide bonds. The first-order chi connectivity index (χ1) is 11.8. The summed E-state index contributed by atoms with van der Waals surface area (Å²) in [7, 11) is 0. The second kappa shape index (κ2) is 6.36. The first-order valence-corrected chi connectivity index (χ1v) is 8.18. The standard InChI is InChI=1S/C17H12F3NO3S/c1-2-24-16(23)17(19,20)15(22)14-5-9(8-25-14)12-7-21-13-6-10(18)3-4-11(12)13/h3-8,21H,2H2,1H3. The molecule has 1 N–H and O–H groups in total. The number of aromatic nitrogens is 1. The number of alkyl halides is 2. The Morgan fingerprint density at radius 1 is 1.28 bits per heavy atom. The number of carbonyl (C=O) groups is 2. The Hall–Kier alpha value is -2.61. The third-order valence-electron chi connectivity index (χ3n) is 3.60. The SMILES string of the molecule is CCOC(=O)C(F)(F)C(=O)c1cc(-c2c[nH]c3cc(F)ccc23)cs1. The summed E-state index contributed by atoms with van der Waals surface area (Å²) in [6.45, 7) is 1.13. The van der Waals surface area contributed by atoms with Crippen molar-refractivity contribution in [1.29, 1.82) is 0 Å². The largest absolute Gasteiger partial charge is 0.461 e. The van der Waals surface area contributed by atoms with E-state index in [1.165, 1.54) is 30.5 Å². The number of thiophene rings is 1. The molecule has 2 heterocycles. The molecule has 0 unspecified atom stereocenters. The van der Waals surface area contributed by atoms with Gasteiger partial charge in [-0.1, -0.05) is 0 Å². The van der Waals surface area contributed by atoms with Gasteiger partial charge >= 0.3 is 11.9 Å². The van der Waals surface area contributed by atoms with Crippen LogP contribution in [0.1, 0.15) is 16.6 Å². The summed E-state index contributed by atoms with van der Waals surface area (Å²) < 4.78 is 45.2. The molecule has 0 aliphatic carbocycles. The summed E-state index contributed by atoms with van der Waals surface area (Å²) >= 11 is 0.805. The summed E-state index contributed by atoms with van der Waals surface area (Å²) in [5, 5.41) is 2.22. The van der Waals surface area contributed by atoms with Crippen molar-refractivity contribution in [2.75, 3.05) is 6.61 Å². The third kappa shape index (κ3) is 3.05. The maximum atomic E-state index is 13.9. The summed E-state index contributed by atoms with van der Waals surface area (Å²) in [6, 6.07) is 5.44. The lowest BCUT2D eigenvalue weighted by molar-refractivity contribution is -0.164. The van der Waals surface area contributed by atoms with Crippen molar-refractivity contribution < 1.29 is 27.5 Å². The average molecular weight is 367 g/mol. The van der Waals surface area contributed by atoms with Crippen LogP contribution in [0.2, 0.25) is 0 Å². The van der Waals surface area contributed by atoms with Gasteiger partial charge in [-0.05, 0) is 42.1 Å². The maximum Gasteiger partial charge on any atom is 0.405 e. The van der Waals surface area contributed by atoms with Crippen molar-refractivity contribution >= 4 is 34.0 Å². The molecule has 0 saturated carbocycles. The fourth-order valence-corrected chi connectivity index (χ4v) is 3.28. The van der Waals surface area contributed by atoms with E-state index in [0.29, 0.717) is 22.0 Å². The molecule has 1 aromatic carbocycles. The van der Waals surface area contributed by atoms with E-state index in [4.69, 9.17) is 0 Å². The molecule has 0 bridgehead atoms. The number of hydrogen-bond acceptors (Lipinski definition) is 4. The van der Waals surface area contributed by atoms with Gasteiger partial charge in [0.25, 0.3) is 5.78 Å². The van der Waals surface area contributed by atoms with Crippen molar-refractivity contribution in [3.63, 3.8) is 0 Å². The van der Waals surface area contributed by atoms with Gasteiger partial charge in [0.1, 0.15) is 5.82 Å². The van der Waals surface area contributed by atoms with E-state index in [1.54, 1.807) is 12.3 Å². The first kappa shape index (κ1) is 17.2. The lowest BCUT2D eigenvalue weighted by Crippen LogP contribution is -2.39. The highest BCUT2D eigenvalue weighted by Gasteiger charge is 2.49. The summed E-state index contributed by atoms with van der Waals surface area (Å²) in [5.74, 6) is -8.11. The lowest BCUT2D eigenvalue weighted by atomic mass is 10.1. The number of halogens is 3. The number of Topliss-reactive ketones (excluding diaryl/α,β-unsaturated/α-hetero) is 1. The fourth-order valence-electron chi connectivity index (χ4n) is 2.40. The highest BCUT2D eigenvalue weighted by Crippen LogP contribution is 2.34. The zero-order chi connectivity index (χ0) is 18.2. The molecule has 0 saturated heterocycles. The van der Waals surface area contributed by atoms with Crippen LogP contribution in [0, 0.1) is 5.82 Å². The third-order valence-corrected chi connectivity index (χ3v) is 4.52. The van der Waals surface area contributed by atoms with Gasteiger partial charge in [-0.15, -0.1) is 11.3 Å². The molecule has 4 nitrogen and oxygen atoms in total. The Kier molecular flexibility index (Phi) is 4.38. The van der Waals surface area contributed by atoms with E-state index in [2.05, 4.69) is 9.72 Å². The van der Waals surface area contributed by atoms with Gasteiger partial charge < -0.3 is 9.72 Å². The van der Waals surface area contributed by atoms with Crippen LogP contribution in [0.15, 0.2) is 35.8 Å². The van der Waals surface area contributed by atoms with Crippen LogP contribution in [0.3, 0.4) is 0 Å². The van der Waals surface area contributed by atoms with Crippen molar-refractivity contribution in [1.82, 2.24) is 4.98 Å². The Balaban J connectivity index is 1.94. The van der Waals surface area contributed by atoms with Crippen LogP contribution in [-0.4, -0.2) is 29.3 Å². The molecule has 0 aliphatic heterocycles. The zero-order valence-corrected chi connectivity index (χ0v) is 13.8.